The molecule has 2 aromatic carbocycles. The van der Waals surface area contributed by atoms with Crippen LogP contribution in [0.2, 0.25) is 5.02 Å². The highest BCUT2D eigenvalue weighted by Gasteiger charge is 2.25. The van der Waals surface area contributed by atoms with Crippen LogP contribution in [0.5, 0.6) is 0 Å². The predicted molar refractivity (Wildman–Crippen MR) is 112 cm³/mol. The highest BCUT2D eigenvalue weighted by molar-refractivity contribution is 7.89. The number of rotatable bonds is 7. The van der Waals surface area contributed by atoms with Crippen LogP contribution in [0.4, 0.5) is 5.69 Å². The zero-order chi connectivity index (χ0) is 20.3. The zero-order valence-electron chi connectivity index (χ0n) is 16.2. The number of sulfonamides is 1. The molecule has 0 fully saturated rings. The molecule has 0 unspecified atom stereocenters. The van der Waals surface area contributed by atoms with E-state index in [0.717, 1.165) is 18.4 Å². The third-order valence-electron chi connectivity index (χ3n) is 5.07. The molecule has 1 aliphatic rings. The average molecular weight is 421 g/mol. The molecule has 28 heavy (non-hydrogen) atoms. The van der Waals surface area contributed by atoms with Crippen LogP contribution in [0, 0.1) is 0 Å². The van der Waals surface area contributed by atoms with E-state index in [1.807, 2.05) is 6.07 Å². The van der Waals surface area contributed by atoms with Gasteiger partial charge in [-0.1, -0.05) is 43.6 Å². The molecule has 0 aromatic heterocycles. The van der Waals surface area contributed by atoms with E-state index in [9.17, 15) is 13.2 Å². The second kappa shape index (κ2) is 8.64. The number of aryl methyl sites for hydroxylation is 2. The lowest BCUT2D eigenvalue weighted by atomic mass is 10.0. The van der Waals surface area contributed by atoms with E-state index in [0.29, 0.717) is 18.8 Å². The first-order valence-corrected chi connectivity index (χ1v) is 11.4. The molecule has 0 heterocycles. The van der Waals surface area contributed by atoms with Gasteiger partial charge >= 0.3 is 0 Å². The highest BCUT2D eigenvalue weighted by atomic mass is 35.5. The van der Waals surface area contributed by atoms with Crippen LogP contribution in [0.1, 0.15) is 37.0 Å². The SMILES string of the molecule is CCN(CC)S(=O)(=O)c1cc(NC(=O)Cc2ccc3c(c2)CCC3)ccc1Cl. The summed E-state index contributed by atoms with van der Waals surface area (Å²) >= 11 is 6.14. The summed E-state index contributed by atoms with van der Waals surface area (Å²) in [5.74, 6) is -0.188. The molecule has 3 rings (SSSR count). The van der Waals surface area contributed by atoms with E-state index >= 15 is 0 Å². The zero-order valence-corrected chi connectivity index (χ0v) is 17.7. The van der Waals surface area contributed by atoms with Crippen LogP contribution in [0.25, 0.3) is 0 Å². The fraction of sp³-hybridized carbons (Fsp3) is 0.381. The Balaban J connectivity index is 1.76. The van der Waals surface area contributed by atoms with Crippen LogP contribution in [-0.4, -0.2) is 31.7 Å². The Labute approximate surface area is 171 Å². The predicted octanol–water partition coefficient (Wildman–Crippen LogP) is 4.04. The molecule has 0 spiro atoms. The molecule has 150 valence electrons. The van der Waals surface area contributed by atoms with Gasteiger partial charge < -0.3 is 5.32 Å². The number of amides is 1. The Kier molecular flexibility index (Phi) is 6.43. The number of hydrogen-bond donors (Lipinski definition) is 1. The summed E-state index contributed by atoms with van der Waals surface area (Å²) in [5.41, 5.74) is 4.07. The minimum atomic E-state index is -3.71. The van der Waals surface area contributed by atoms with Crippen molar-refractivity contribution in [1.29, 1.82) is 0 Å². The second-order valence-corrected chi connectivity index (χ2v) is 9.23. The van der Waals surface area contributed by atoms with Crippen molar-refractivity contribution >= 4 is 33.2 Å². The first-order valence-electron chi connectivity index (χ1n) is 9.55. The summed E-state index contributed by atoms with van der Waals surface area (Å²) in [7, 11) is -3.71. The lowest BCUT2D eigenvalue weighted by molar-refractivity contribution is -0.115. The first-order chi connectivity index (χ1) is 13.3. The number of carbonyl (C=O) groups excluding carboxylic acids is 1. The molecular formula is C21H25ClN2O3S. The van der Waals surface area contributed by atoms with Crippen molar-refractivity contribution in [1.82, 2.24) is 4.31 Å². The molecule has 1 aliphatic carbocycles. The number of nitrogens with one attached hydrogen (secondary N) is 1. The Morgan fingerprint density at radius 3 is 2.50 bits per heavy atom. The van der Waals surface area contributed by atoms with Crippen molar-refractivity contribution in [3.8, 4) is 0 Å². The Hall–Kier alpha value is -1.89. The van der Waals surface area contributed by atoms with Crippen LogP contribution in [0.3, 0.4) is 0 Å². The van der Waals surface area contributed by atoms with Gasteiger partial charge in [0, 0.05) is 18.8 Å². The van der Waals surface area contributed by atoms with E-state index in [1.165, 1.54) is 34.0 Å². The number of benzene rings is 2. The fourth-order valence-corrected chi connectivity index (χ4v) is 5.57. The van der Waals surface area contributed by atoms with Gasteiger partial charge in [-0.05, 0) is 54.2 Å². The Morgan fingerprint density at radius 2 is 1.79 bits per heavy atom. The molecule has 0 saturated carbocycles. The highest BCUT2D eigenvalue weighted by Crippen LogP contribution is 2.28. The van der Waals surface area contributed by atoms with Crippen molar-refractivity contribution in [3.05, 3.63) is 58.1 Å². The minimum absolute atomic E-state index is 0.00759. The molecule has 0 aliphatic heterocycles. The van der Waals surface area contributed by atoms with Gasteiger partial charge in [-0.15, -0.1) is 0 Å². The lowest BCUT2D eigenvalue weighted by Crippen LogP contribution is -2.30. The lowest BCUT2D eigenvalue weighted by Gasteiger charge is -2.19. The van der Waals surface area contributed by atoms with Crippen LogP contribution >= 0.6 is 11.6 Å². The van der Waals surface area contributed by atoms with Crippen LogP contribution in [-0.2, 0) is 34.1 Å². The van der Waals surface area contributed by atoms with Gasteiger partial charge in [-0.3, -0.25) is 4.79 Å². The fourth-order valence-electron chi connectivity index (χ4n) is 3.61. The van der Waals surface area contributed by atoms with Crippen molar-refractivity contribution < 1.29 is 13.2 Å². The van der Waals surface area contributed by atoms with Crippen LogP contribution in [0.15, 0.2) is 41.3 Å². The maximum absolute atomic E-state index is 12.8. The minimum Gasteiger partial charge on any atom is -0.326 e. The maximum Gasteiger partial charge on any atom is 0.244 e. The van der Waals surface area contributed by atoms with Gasteiger partial charge in [0.15, 0.2) is 0 Å². The summed E-state index contributed by atoms with van der Waals surface area (Å²) in [4.78, 5) is 12.5. The van der Waals surface area contributed by atoms with Gasteiger partial charge in [-0.2, -0.15) is 4.31 Å². The maximum atomic E-state index is 12.8. The summed E-state index contributed by atoms with van der Waals surface area (Å²) in [6, 6.07) is 10.7. The van der Waals surface area contributed by atoms with Crippen LogP contribution < -0.4 is 5.32 Å². The largest absolute Gasteiger partial charge is 0.326 e. The molecule has 1 N–H and O–H groups in total. The standard InChI is InChI=1S/C21H25ClN2O3S/c1-3-24(4-2)28(26,27)20-14-18(10-11-19(20)22)23-21(25)13-15-8-9-16-6-5-7-17(16)12-15/h8-12,14H,3-7,13H2,1-2H3,(H,23,25). The van der Waals surface area contributed by atoms with Gasteiger partial charge in [0.2, 0.25) is 15.9 Å². The third kappa shape index (κ3) is 4.40. The molecule has 1 amide bonds. The summed E-state index contributed by atoms with van der Waals surface area (Å²) in [6.07, 6.45) is 3.58. The van der Waals surface area contributed by atoms with Crippen molar-refractivity contribution in [3.63, 3.8) is 0 Å². The first kappa shape index (κ1) is 20.8. The van der Waals surface area contributed by atoms with E-state index < -0.39 is 10.0 Å². The normalized spacial score (nSPS) is 13.6. The smallest absolute Gasteiger partial charge is 0.244 e. The number of hydrogen-bond acceptors (Lipinski definition) is 3. The molecule has 7 heteroatoms. The van der Waals surface area contributed by atoms with Gasteiger partial charge in [-0.25, -0.2) is 8.42 Å². The van der Waals surface area contributed by atoms with E-state index in [1.54, 1.807) is 19.9 Å². The van der Waals surface area contributed by atoms with Gasteiger partial charge in [0.25, 0.3) is 0 Å². The van der Waals surface area contributed by atoms with Crippen molar-refractivity contribution in [2.45, 2.75) is 44.4 Å². The second-order valence-electron chi connectivity index (χ2n) is 6.92. The van der Waals surface area contributed by atoms with E-state index in [2.05, 4.69) is 17.4 Å². The summed E-state index contributed by atoms with van der Waals surface area (Å²) in [5, 5.41) is 2.93. The molecule has 0 bridgehead atoms. The van der Waals surface area contributed by atoms with Crippen molar-refractivity contribution in [2.75, 3.05) is 18.4 Å². The molecule has 0 radical (unpaired) electrons. The molecule has 0 atom stereocenters. The number of fused-ring (bicyclic) bond motifs is 1. The van der Waals surface area contributed by atoms with Crippen molar-refractivity contribution in [2.24, 2.45) is 0 Å². The van der Waals surface area contributed by atoms with Gasteiger partial charge in [0.05, 0.1) is 11.4 Å². The topological polar surface area (TPSA) is 66.5 Å². The molecular weight excluding hydrogens is 396 g/mol. The Morgan fingerprint density at radius 1 is 1.07 bits per heavy atom. The number of nitrogens with zero attached hydrogens (tertiary/aromatic N) is 1. The number of halogens is 1. The third-order valence-corrected chi connectivity index (χ3v) is 7.60. The number of anilines is 1. The van der Waals surface area contributed by atoms with Gasteiger partial charge in [0.1, 0.15) is 4.90 Å². The molecule has 0 saturated heterocycles. The monoisotopic (exact) mass is 420 g/mol. The summed E-state index contributed by atoms with van der Waals surface area (Å²) < 4.78 is 26.9. The average Bonchev–Trinajstić information content (AvgIpc) is 3.11. The number of carbonyl (C=O) groups is 1. The quantitative estimate of drug-likeness (QED) is 0.735. The Bertz CT molecular complexity index is 985. The van der Waals surface area contributed by atoms with E-state index in [4.69, 9.17) is 11.6 Å². The molecule has 2 aromatic rings. The summed E-state index contributed by atoms with van der Waals surface area (Å²) in [6.45, 7) is 4.25. The molecule has 5 nitrogen and oxygen atoms in total. The van der Waals surface area contributed by atoms with E-state index in [-0.39, 0.29) is 22.2 Å².